The van der Waals surface area contributed by atoms with Crippen molar-refractivity contribution in [3.63, 3.8) is 0 Å². The van der Waals surface area contributed by atoms with E-state index >= 15 is 0 Å². The second kappa shape index (κ2) is 3.18. The Kier molecular flexibility index (Phi) is 1.88. The highest BCUT2D eigenvalue weighted by Gasteiger charge is 1.99. The average Bonchev–Trinajstić information content (AvgIpc) is 2.54. The predicted molar refractivity (Wildman–Crippen MR) is 52.7 cm³/mol. The van der Waals surface area contributed by atoms with Crippen molar-refractivity contribution >= 4 is 17.2 Å². The van der Waals surface area contributed by atoms with E-state index < -0.39 is 0 Å². The summed E-state index contributed by atoms with van der Waals surface area (Å²) in [6, 6.07) is 9.78. The molecule has 4 nitrogen and oxygen atoms in total. The van der Waals surface area contributed by atoms with Crippen LogP contribution in [0.3, 0.4) is 0 Å². The van der Waals surface area contributed by atoms with Gasteiger partial charge in [0.05, 0.1) is 11.9 Å². The molecule has 2 rings (SSSR count). The van der Waals surface area contributed by atoms with E-state index in [0.29, 0.717) is 5.69 Å². The third-order valence-electron chi connectivity index (χ3n) is 1.71. The van der Waals surface area contributed by atoms with Gasteiger partial charge in [-0.2, -0.15) is 5.10 Å². The van der Waals surface area contributed by atoms with Crippen molar-refractivity contribution in [3.05, 3.63) is 36.5 Å². The average molecular weight is 174 g/mol. The highest BCUT2D eigenvalue weighted by Crippen LogP contribution is 2.18. The van der Waals surface area contributed by atoms with Crippen molar-refractivity contribution in [3.8, 4) is 0 Å². The molecule has 0 aliphatic rings. The topological polar surface area (TPSA) is 66.7 Å². The molecule has 0 bridgehead atoms. The van der Waals surface area contributed by atoms with Gasteiger partial charge < -0.3 is 11.1 Å². The molecule has 0 unspecified atom stereocenters. The standard InChI is InChI=1S/C9H10N4/c10-8-6-11-13-9(8)12-7-4-2-1-3-5-7/h1-6H,10H2,(H2,11,12,13). The largest absolute Gasteiger partial charge is 0.394 e. The zero-order valence-electron chi connectivity index (χ0n) is 6.99. The molecular weight excluding hydrogens is 164 g/mol. The van der Waals surface area contributed by atoms with E-state index in [4.69, 9.17) is 5.73 Å². The molecule has 0 saturated heterocycles. The lowest BCUT2D eigenvalue weighted by atomic mass is 10.3. The summed E-state index contributed by atoms with van der Waals surface area (Å²) in [5.41, 5.74) is 7.23. The van der Waals surface area contributed by atoms with E-state index in [1.807, 2.05) is 30.3 Å². The third kappa shape index (κ3) is 1.61. The van der Waals surface area contributed by atoms with Crippen LogP contribution in [0.2, 0.25) is 0 Å². The van der Waals surface area contributed by atoms with E-state index in [-0.39, 0.29) is 0 Å². The fourth-order valence-electron chi connectivity index (χ4n) is 1.06. The molecule has 0 saturated carbocycles. The van der Waals surface area contributed by atoms with Gasteiger partial charge in [-0.15, -0.1) is 0 Å². The predicted octanol–water partition coefficient (Wildman–Crippen LogP) is 1.74. The second-order valence-electron chi connectivity index (χ2n) is 2.69. The number of nitrogens with two attached hydrogens (primary N) is 1. The zero-order chi connectivity index (χ0) is 9.10. The van der Waals surface area contributed by atoms with Crippen LogP contribution in [0.25, 0.3) is 0 Å². The summed E-state index contributed by atoms with van der Waals surface area (Å²) in [5, 5.41) is 9.68. The van der Waals surface area contributed by atoms with Gasteiger partial charge in [0.2, 0.25) is 0 Å². The summed E-state index contributed by atoms with van der Waals surface area (Å²) < 4.78 is 0. The molecule has 1 heterocycles. The molecule has 66 valence electrons. The van der Waals surface area contributed by atoms with Crippen LogP contribution >= 0.6 is 0 Å². The van der Waals surface area contributed by atoms with Crippen LogP contribution in [0.15, 0.2) is 36.5 Å². The van der Waals surface area contributed by atoms with E-state index in [0.717, 1.165) is 11.5 Å². The summed E-state index contributed by atoms with van der Waals surface area (Å²) in [6.07, 6.45) is 1.57. The molecule has 0 radical (unpaired) electrons. The Hall–Kier alpha value is -1.97. The van der Waals surface area contributed by atoms with Crippen LogP contribution < -0.4 is 11.1 Å². The smallest absolute Gasteiger partial charge is 0.149 e. The first-order valence-corrected chi connectivity index (χ1v) is 3.97. The molecule has 2 aromatic rings. The summed E-state index contributed by atoms with van der Waals surface area (Å²) in [4.78, 5) is 0. The SMILES string of the molecule is Nc1cn[nH]c1Nc1ccccc1. The first kappa shape index (κ1) is 7.67. The second-order valence-corrected chi connectivity index (χ2v) is 2.69. The number of H-pyrrole nitrogens is 1. The summed E-state index contributed by atoms with van der Waals surface area (Å²) >= 11 is 0. The molecular formula is C9H10N4. The van der Waals surface area contributed by atoms with Crippen LogP contribution in [0.5, 0.6) is 0 Å². The number of nitrogen functional groups attached to an aromatic ring is 1. The zero-order valence-corrected chi connectivity index (χ0v) is 6.99. The first-order chi connectivity index (χ1) is 6.36. The fraction of sp³-hybridized carbons (Fsp3) is 0. The molecule has 0 atom stereocenters. The summed E-state index contributed by atoms with van der Waals surface area (Å²) in [7, 11) is 0. The van der Waals surface area contributed by atoms with Gasteiger partial charge >= 0.3 is 0 Å². The number of aromatic amines is 1. The molecule has 1 aromatic carbocycles. The van der Waals surface area contributed by atoms with Crippen LogP contribution in [0.4, 0.5) is 17.2 Å². The van der Waals surface area contributed by atoms with Crippen molar-refractivity contribution in [1.82, 2.24) is 10.2 Å². The van der Waals surface area contributed by atoms with E-state index in [2.05, 4.69) is 15.5 Å². The van der Waals surface area contributed by atoms with Crippen molar-refractivity contribution < 1.29 is 0 Å². The van der Waals surface area contributed by atoms with Gasteiger partial charge in [-0.25, -0.2) is 0 Å². The van der Waals surface area contributed by atoms with Crippen molar-refractivity contribution in [2.24, 2.45) is 0 Å². The van der Waals surface area contributed by atoms with Crippen LogP contribution in [0.1, 0.15) is 0 Å². The monoisotopic (exact) mass is 174 g/mol. The molecule has 0 fully saturated rings. The molecule has 1 aromatic heterocycles. The lowest BCUT2D eigenvalue weighted by molar-refractivity contribution is 1.09. The van der Waals surface area contributed by atoms with Gasteiger partial charge in [-0.05, 0) is 12.1 Å². The van der Waals surface area contributed by atoms with E-state index in [9.17, 15) is 0 Å². The number of aromatic nitrogens is 2. The van der Waals surface area contributed by atoms with Gasteiger partial charge in [0, 0.05) is 5.69 Å². The maximum absolute atomic E-state index is 5.63. The van der Waals surface area contributed by atoms with Crippen LogP contribution in [0, 0.1) is 0 Å². The Bertz CT molecular complexity index is 380. The van der Waals surface area contributed by atoms with Gasteiger partial charge in [-0.1, -0.05) is 18.2 Å². The van der Waals surface area contributed by atoms with Gasteiger partial charge in [0.1, 0.15) is 5.82 Å². The number of nitrogens with one attached hydrogen (secondary N) is 2. The summed E-state index contributed by atoms with van der Waals surface area (Å²) in [5.74, 6) is 0.728. The molecule has 0 aliphatic carbocycles. The van der Waals surface area contributed by atoms with Gasteiger partial charge in [0.15, 0.2) is 0 Å². The minimum atomic E-state index is 0.615. The summed E-state index contributed by atoms with van der Waals surface area (Å²) in [6.45, 7) is 0. The van der Waals surface area contributed by atoms with Crippen molar-refractivity contribution in [2.75, 3.05) is 11.1 Å². The molecule has 13 heavy (non-hydrogen) atoms. The number of para-hydroxylation sites is 1. The first-order valence-electron chi connectivity index (χ1n) is 3.97. The van der Waals surface area contributed by atoms with E-state index in [1.165, 1.54) is 0 Å². The van der Waals surface area contributed by atoms with Crippen molar-refractivity contribution in [1.29, 1.82) is 0 Å². The minimum Gasteiger partial charge on any atom is -0.394 e. The maximum atomic E-state index is 5.63. The van der Waals surface area contributed by atoms with Crippen LogP contribution in [-0.4, -0.2) is 10.2 Å². The Labute approximate surface area is 75.8 Å². The lowest BCUT2D eigenvalue weighted by Gasteiger charge is -2.02. The number of benzene rings is 1. The van der Waals surface area contributed by atoms with Gasteiger partial charge in [-0.3, -0.25) is 5.10 Å². The molecule has 0 spiro atoms. The van der Waals surface area contributed by atoms with Gasteiger partial charge in [0.25, 0.3) is 0 Å². The number of nitrogens with zero attached hydrogens (tertiary/aromatic N) is 1. The Morgan fingerprint density at radius 2 is 2.00 bits per heavy atom. The Morgan fingerprint density at radius 3 is 2.62 bits per heavy atom. The Morgan fingerprint density at radius 1 is 1.23 bits per heavy atom. The molecule has 4 heteroatoms. The normalized spacial score (nSPS) is 9.85. The number of rotatable bonds is 2. The number of hydrogen-bond acceptors (Lipinski definition) is 3. The molecule has 4 N–H and O–H groups in total. The fourth-order valence-corrected chi connectivity index (χ4v) is 1.06. The highest BCUT2D eigenvalue weighted by atomic mass is 15.2. The van der Waals surface area contributed by atoms with Crippen molar-refractivity contribution in [2.45, 2.75) is 0 Å². The lowest BCUT2D eigenvalue weighted by Crippen LogP contribution is -1.93. The molecule has 0 aliphatic heterocycles. The third-order valence-corrected chi connectivity index (χ3v) is 1.71. The highest BCUT2D eigenvalue weighted by molar-refractivity contribution is 5.67. The quantitative estimate of drug-likeness (QED) is 0.649. The van der Waals surface area contributed by atoms with Crippen LogP contribution in [-0.2, 0) is 0 Å². The minimum absolute atomic E-state index is 0.615. The number of anilines is 3. The molecule has 0 amide bonds. The van der Waals surface area contributed by atoms with E-state index in [1.54, 1.807) is 6.20 Å². The maximum Gasteiger partial charge on any atom is 0.149 e. The Balaban J connectivity index is 2.20. The number of hydrogen-bond donors (Lipinski definition) is 3.